The number of aromatic nitrogens is 1. The molecule has 4 heteroatoms. The molecule has 17 heavy (non-hydrogen) atoms. The Morgan fingerprint density at radius 1 is 1.41 bits per heavy atom. The number of oxazole rings is 1. The maximum absolute atomic E-state index is 5.48. The van der Waals surface area contributed by atoms with Gasteiger partial charge in [0, 0.05) is 19.6 Å². The summed E-state index contributed by atoms with van der Waals surface area (Å²) in [6.07, 6.45) is 2.82. The lowest BCUT2D eigenvalue weighted by Crippen LogP contribution is -2.28. The predicted molar refractivity (Wildman–Crippen MR) is 71.2 cm³/mol. The van der Waals surface area contributed by atoms with E-state index in [4.69, 9.17) is 4.42 Å². The Morgan fingerprint density at radius 2 is 2.12 bits per heavy atom. The molecule has 98 valence electrons. The fourth-order valence-corrected chi connectivity index (χ4v) is 1.49. The molecule has 1 unspecified atom stereocenters. The molecule has 0 bridgehead atoms. The Balaban J connectivity index is 2.47. The Bertz CT molecular complexity index is 322. The van der Waals surface area contributed by atoms with Crippen molar-refractivity contribution in [1.82, 2.24) is 10.3 Å². The number of hydrogen-bond acceptors (Lipinski definition) is 4. The second-order valence-corrected chi connectivity index (χ2v) is 5.01. The molecule has 4 nitrogen and oxygen atoms in total. The molecule has 0 aliphatic heterocycles. The molecule has 0 aliphatic carbocycles. The van der Waals surface area contributed by atoms with Gasteiger partial charge in [-0.15, -0.1) is 0 Å². The summed E-state index contributed by atoms with van der Waals surface area (Å²) in [7, 11) is 2.02. The van der Waals surface area contributed by atoms with Gasteiger partial charge in [-0.2, -0.15) is 4.98 Å². The molecule has 1 N–H and O–H groups in total. The number of anilines is 1. The zero-order chi connectivity index (χ0) is 12.8. The summed E-state index contributed by atoms with van der Waals surface area (Å²) in [6.45, 7) is 10.5. The third-order valence-electron chi connectivity index (χ3n) is 2.95. The van der Waals surface area contributed by atoms with E-state index in [0.717, 1.165) is 25.2 Å². The van der Waals surface area contributed by atoms with E-state index in [1.54, 1.807) is 6.26 Å². The molecule has 0 amide bonds. The number of rotatable bonds is 7. The smallest absolute Gasteiger partial charge is 0.297 e. The van der Waals surface area contributed by atoms with Crippen LogP contribution in [-0.2, 0) is 6.54 Å². The minimum Gasteiger partial charge on any atom is -0.432 e. The van der Waals surface area contributed by atoms with Crippen LogP contribution in [0.1, 0.15) is 39.8 Å². The van der Waals surface area contributed by atoms with Gasteiger partial charge in [0.2, 0.25) is 0 Å². The van der Waals surface area contributed by atoms with Crippen LogP contribution in [0.25, 0.3) is 0 Å². The summed E-state index contributed by atoms with van der Waals surface area (Å²) in [5.41, 5.74) is 0.968. The quantitative estimate of drug-likeness (QED) is 0.794. The lowest BCUT2D eigenvalue weighted by molar-refractivity contribution is 0.514. The fourth-order valence-electron chi connectivity index (χ4n) is 1.49. The van der Waals surface area contributed by atoms with E-state index in [0.29, 0.717) is 18.0 Å². The second-order valence-electron chi connectivity index (χ2n) is 5.01. The van der Waals surface area contributed by atoms with E-state index in [2.05, 4.69) is 42.9 Å². The third kappa shape index (κ3) is 4.38. The van der Waals surface area contributed by atoms with Gasteiger partial charge >= 0.3 is 0 Å². The third-order valence-corrected chi connectivity index (χ3v) is 2.95. The monoisotopic (exact) mass is 239 g/mol. The maximum atomic E-state index is 5.48. The molecule has 1 heterocycles. The molecule has 0 aliphatic rings. The van der Waals surface area contributed by atoms with Crippen LogP contribution < -0.4 is 10.2 Å². The summed E-state index contributed by atoms with van der Waals surface area (Å²) in [6, 6.07) is 1.16. The molecule has 1 aromatic heterocycles. The van der Waals surface area contributed by atoms with Gasteiger partial charge in [-0.1, -0.05) is 20.8 Å². The molecular formula is C13H25N3O. The topological polar surface area (TPSA) is 41.3 Å². The van der Waals surface area contributed by atoms with E-state index < -0.39 is 0 Å². The highest BCUT2D eigenvalue weighted by molar-refractivity contribution is 5.26. The first kappa shape index (κ1) is 14.0. The molecule has 0 fully saturated rings. The first-order valence-electron chi connectivity index (χ1n) is 6.42. The molecule has 1 aromatic rings. The first-order valence-corrected chi connectivity index (χ1v) is 6.42. The Morgan fingerprint density at radius 3 is 2.71 bits per heavy atom. The molecule has 0 aromatic carbocycles. The van der Waals surface area contributed by atoms with Gasteiger partial charge in [-0.3, -0.25) is 0 Å². The normalized spacial score (nSPS) is 13.1. The van der Waals surface area contributed by atoms with Crippen molar-refractivity contribution < 1.29 is 4.42 Å². The van der Waals surface area contributed by atoms with Crippen LogP contribution >= 0.6 is 0 Å². The highest BCUT2D eigenvalue weighted by Crippen LogP contribution is 2.15. The predicted octanol–water partition coefficient (Wildman–Crippen LogP) is 2.65. The van der Waals surface area contributed by atoms with Crippen LogP contribution in [0.5, 0.6) is 0 Å². The van der Waals surface area contributed by atoms with Crippen molar-refractivity contribution in [3.8, 4) is 0 Å². The highest BCUT2D eigenvalue weighted by atomic mass is 16.4. The van der Waals surface area contributed by atoms with Crippen molar-refractivity contribution in [1.29, 1.82) is 0 Å². The zero-order valence-corrected chi connectivity index (χ0v) is 11.7. The lowest BCUT2D eigenvalue weighted by atomic mass is 10.2. The Hall–Kier alpha value is -1.03. The molecule has 0 saturated heterocycles. The lowest BCUT2D eigenvalue weighted by Gasteiger charge is -2.21. The number of hydrogen-bond donors (Lipinski definition) is 1. The molecule has 0 spiro atoms. The van der Waals surface area contributed by atoms with E-state index in [1.165, 1.54) is 0 Å². The summed E-state index contributed by atoms with van der Waals surface area (Å²) in [4.78, 5) is 6.55. The summed E-state index contributed by atoms with van der Waals surface area (Å²) in [5, 5.41) is 3.36. The average Bonchev–Trinajstić information content (AvgIpc) is 2.75. The van der Waals surface area contributed by atoms with Crippen LogP contribution in [-0.4, -0.2) is 24.6 Å². The highest BCUT2D eigenvalue weighted by Gasteiger charge is 2.13. The Kier molecular flexibility index (Phi) is 5.48. The van der Waals surface area contributed by atoms with Gasteiger partial charge < -0.3 is 14.6 Å². The van der Waals surface area contributed by atoms with Crippen LogP contribution in [0.2, 0.25) is 0 Å². The van der Waals surface area contributed by atoms with Crippen LogP contribution in [0.3, 0.4) is 0 Å². The summed E-state index contributed by atoms with van der Waals surface area (Å²) in [5.74, 6) is 0.657. The van der Waals surface area contributed by atoms with Crippen molar-refractivity contribution in [3.05, 3.63) is 12.0 Å². The first-order chi connectivity index (χ1) is 8.04. The zero-order valence-electron chi connectivity index (χ0n) is 11.7. The molecule has 0 saturated carbocycles. The number of nitrogens with one attached hydrogen (secondary N) is 1. The van der Waals surface area contributed by atoms with E-state index in [9.17, 15) is 0 Å². The maximum Gasteiger partial charge on any atom is 0.297 e. The SMILES string of the molecule is CCC(C)N(C)c1nc(CNCC(C)C)co1. The molecule has 1 atom stereocenters. The van der Waals surface area contributed by atoms with Crippen LogP contribution in [0, 0.1) is 5.92 Å². The average molecular weight is 239 g/mol. The van der Waals surface area contributed by atoms with Gasteiger partial charge in [-0.05, 0) is 25.8 Å². The van der Waals surface area contributed by atoms with Crippen molar-refractivity contribution in [3.63, 3.8) is 0 Å². The van der Waals surface area contributed by atoms with E-state index in [-0.39, 0.29) is 0 Å². The van der Waals surface area contributed by atoms with Crippen molar-refractivity contribution in [2.24, 2.45) is 5.92 Å². The van der Waals surface area contributed by atoms with Gasteiger partial charge in [0.15, 0.2) is 0 Å². The van der Waals surface area contributed by atoms with Gasteiger partial charge in [-0.25, -0.2) is 0 Å². The van der Waals surface area contributed by atoms with Gasteiger partial charge in [0.05, 0.1) is 5.69 Å². The minimum absolute atomic E-state index is 0.449. The second kappa shape index (κ2) is 6.64. The standard InChI is InChI=1S/C13H25N3O/c1-6-11(4)16(5)13-15-12(9-17-13)8-14-7-10(2)3/h9-11,14H,6-8H2,1-5H3. The fraction of sp³-hybridized carbons (Fsp3) is 0.769. The number of nitrogens with zero attached hydrogens (tertiary/aromatic N) is 2. The van der Waals surface area contributed by atoms with Crippen LogP contribution in [0.4, 0.5) is 6.01 Å². The van der Waals surface area contributed by atoms with Gasteiger partial charge in [0.25, 0.3) is 6.01 Å². The van der Waals surface area contributed by atoms with Crippen molar-refractivity contribution in [2.45, 2.75) is 46.7 Å². The van der Waals surface area contributed by atoms with E-state index in [1.807, 2.05) is 7.05 Å². The Labute approximate surface area is 104 Å². The van der Waals surface area contributed by atoms with Crippen molar-refractivity contribution >= 4 is 6.01 Å². The summed E-state index contributed by atoms with van der Waals surface area (Å²) < 4.78 is 5.48. The molecular weight excluding hydrogens is 214 g/mol. The minimum atomic E-state index is 0.449. The molecule has 0 radical (unpaired) electrons. The largest absolute Gasteiger partial charge is 0.432 e. The van der Waals surface area contributed by atoms with E-state index >= 15 is 0 Å². The molecule has 1 rings (SSSR count). The van der Waals surface area contributed by atoms with Crippen molar-refractivity contribution in [2.75, 3.05) is 18.5 Å². The summed E-state index contributed by atoms with van der Waals surface area (Å²) >= 11 is 0. The van der Waals surface area contributed by atoms with Crippen LogP contribution in [0.15, 0.2) is 10.7 Å². The van der Waals surface area contributed by atoms with Gasteiger partial charge in [0.1, 0.15) is 6.26 Å².